The Balaban J connectivity index is 1.89. The molecule has 26 heavy (non-hydrogen) atoms. The summed E-state index contributed by atoms with van der Waals surface area (Å²) in [6.07, 6.45) is -3.16. The van der Waals surface area contributed by atoms with E-state index in [0.29, 0.717) is 39.0 Å². The first kappa shape index (κ1) is 20.1. The van der Waals surface area contributed by atoms with Gasteiger partial charge in [0.05, 0.1) is 5.56 Å². The van der Waals surface area contributed by atoms with Crippen LogP contribution in [0.15, 0.2) is 24.3 Å². The standard InChI is InChI=1S/C18H24F3N3O2/c1-3-23(4-2)17(26)22-15-9-11-24(12-10-15)16(25)13-5-7-14(8-6-13)18(19,20)21/h5-8,15H,3-4,9-12H2,1-2H3,(H,22,26). The summed E-state index contributed by atoms with van der Waals surface area (Å²) in [4.78, 5) is 27.8. The summed E-state index contributed by atoms with van der Waals surface area (Å²) in [5, 5.41) is 2.97. The van der Waals surface area contributed by atoms with E-state index in [1.165, 1.54) is 12.1 Å². The van der Waals surface area contributed by atoms with Crippen molar-refractivity contribution in [2.45, 2.75) is 38.9 Å². The average Bonchev–Trinajstić information content (AvgIpc) is 2.62. The quantitative estimate of drug-likeness (QED) is 0.882. The number of likely N-dealkylation sites (tertiary alicyclic amines) is 1. The summed E-state index contributed by atoms with van der Waals surface area (Å²) in [6, 6.07) is 4.15. The van der Waals surface area contributed by atoms with Crippen LogP contribution in [-0.2, 0) is 6.18 Å². The molecule has 1 aromatic carbocycles. The van der Waals surface area contributed by atoms with Crippen molar-refractivity contribution < 1.29 is 22.8 Å². The minimum Gasteiger partial charge on any atom is -0.338 e. The Hall–Kier alpha value is -2.25. The molecule has 0 unspecified atom stereocenters. The lowest BCUT2D eigenvalue weighted by Gasteiger charge is -2.33. The molecule has 5 nitrogen and oxygen atoms in total. The minimum absolute atomic E-state index is 0.000226. The number of amides is 3. The molecule has 0 spiro atoms. The van der Waals surface area contributed by atoms with Crippen LogP contribution in [0.2, 0.25) is 0 Å². The molecule has 0 bridgehead atoms. The van der Waals surface area contributed by atoms with Gasteiger partial charge in [-0.3, -0.25) is 4.79 Å². The normalized spacial score (nSPS) is 15.7. The highest BCUT2D eigenvalue weighted by Gasteiger charge is 2.31. The molecule has 0 aromatic heterocycles. The Morgan fingerprint density at radius 1 is 1.12 bits per heavy atom. The van der Waals surface area contributed by atoms with Crippen molar-refractivity contribution in [3.05, 3.63) is 35.4 Å². The molecular formula is C18H24F3N3O2. The van der Waals surface area contributed by atoms with Crippen LogP contribution in [-0.4, -0.2) is 54.0 Å². The summed E-state index contributed by atoms with van der Waals surface area (Å²) < 4.78 is 37.8. The van der Waals surface area contributed by atoms with Crippen LogP contribution in [0.3, 0.4) is 0 Å². The maximum atomic E-state index is 12.6. The van der Waals surface area contributed by atoms with Gasteiger partial charge >= 0.3 is 12.2 Å². The lowest BCUT2D eigenvalue weighted by atomic mass is 10.0. The summed E-state index contributed by atoms with van der Waals surface area (Å²) >= 11 is 0. The molecule has 0 aliphatic carbocycles. The predicted molar refractivity (Wildman–Crippen MR) is 91.8 cm³/mol. The molecule has 0 atom stereocenters. The molecular weight excluding hydrogens is 347 g/mol. The molecule has 8 heteroatoms. The Morgan fingerprint density at radius 2 is 1.65 bits per heavy atom. The number of hydrogen-bond acceptors (Lipinski definition) is 2. The Kier molecular flexibility index (Phi) is 6.50. The van der Waals surface area contributed by atoms with Crippen molar-refractivity contribution in [2.24, 2.45) is 0 Å². The first-order valence-corrected chi connectivity index (χ1v) is 8.78. The molecule has 2 rings (SSSR count). The molecule has 0 radical (unpaired) electrons. The van der Waals surface area contributed by atoms with Crippen LogP contribution >= 0.6 is 0 Å². The molecule has 1 aromatic rings. The number of carbonyl (C=O) groups excluding carboxylic acids is 2. The molecule has 1 N–H and O–H groups in total. The van der Waals surface area contributed by atoms with Gasteiger partial charge in [-0.2, -0.15) is 13.2 Å². The second kappa shape index (κ2) is 8.42. The van der Waals surface area contributed by atoms with Crippen LogP contribution < -0.4 is 5.32 Å². The van der Waals surface area contributed by atoms with Gasteiger partial charge in [0.2, 0.25) is 0 Å². The molecule has 1 heterocycles. The summed E-state index contributed by atoms with van der Waals surface area (Å²) in [5.41, 5.74) is -0.532. The van der Waals surface area contributed by atoms with Crippen molar-refractivity contribution in [3.8, 4) is 0 Å². The molecule has 1 aliphatic heterocycles. The number of nitrogens with one attached hydrogen (secondary N) is 1. The monoisotopic (exact) mass is 371 g/mol. The van der Waals surface area contributed by atoms with Gasteiger partial charge in [-0.25, -0.2) is 4.79 Å². The largest absolute Gasteiger partial charge is 0.416 e. The van der Waals surface area contributed by atoms with Crippen LogP contribution in [0, 0.1) is 0 Å². The lowest BCUT2D eigenvalue weighted by molar-refractivity contribution is -0.137. The number of halogens is 3. The van der Waals surface area contributed by atoms with E-state index >= 15 is 0 Å². The van der Waals surface area contributed by atoms with Gasteiger partial charge in [0, 0.05) is 37.8 Å². The zero-order chi connectivity index (χ0) is 19.3. The summed E-state index contributed by atoms with van der Waals surface area (Å²) in [7, 11) is 0. The third-order valence-corrected chi connectivity index (χ3v) is 4.62. The van der Waals surface area contributed by atoms with E-state index in [0.717, 1.165) is 12.1 Å². The maximum absolute atomic E-state index is 12.6. The fourth-order valence-electron chi connectivity index (χ4n) is 2.99. The summed E-state index contributed by atoms with van der Waals surface area (Å²) in [5.74, 6) is -0.285. The number of carbonyl (C=O) groups is 2. The number of urea groups is 1. The Bertz CT molecular complexity index is 620. The van der Waals surface area contributed by atoms with Crippen LogP contribution in [0.5, 0.6) is 0 Å². The predicted octanol–water partition coefficient (Wildman–Crippen LogP) is 3.36. The van der Waals surface area contributed by atoms with Gasteiger partial charge < -0.3 is 15.1 Å². The van der Waals surface area contributed by atoms with Gasteiger partial charge in [-0.1, -0.05) is 0 Å². The van der Waals surface area contributed by atoms with Crippen LogP contribution in [0.25, 0.3) is 0 Å². The van der Waals surface area contributed by atoms with E-state index < -0.39 is 11.7 Å². The van der Waals surface area contributed by atoms with Gasteiger partial charge in [0.1, 0.15) is 0 Å². The summed E-state index contributed by atoms with van der Waals surface area (Å²) in [6.45, 7) is 6.01. The fraction of sp³-hybridized carbons (Fsp3) is 0.556. The van der Waals surface area contributed by atoms with Crippen LogP contribution in [0.4, 0.5) is 18.0 Å². The smallest absolute Gasteiger partial charge is 0.338 e. The Morgan fingerprint density at radius 3 is 2.12 bits per heavy atom. The fourth-order valence-corrected chi connectivity index (χ4v) is 2.99. The minimum atomic E-state index is -4.41. The molecule has 1 fully saturated rings. The number of rotatable bonds is 4. The van der Waals surface area contributed by atoms with Crippen molar-refractivity contribution in [1.82, 2.24) is 15.1 Å². The number of benzene rings is 1. The van der Waals surface area contributed by atoms with E-state index in [1.54, 1.807) is 9.80 Å². The molecule has 1 saturated heterocycles. The second-order valence-electron chi connectivity index (χ2n) is 6.26. The lowest BCUT2D eigenvalue weighted by Crippen LogP contribution is -2.50. The molecule has 144 valence electrons. The highest BCUT2D eigenvalue weighted by atomic mass is 19.4. The third-order valence-electron chi connectivity index (χ3n) is 4.62. The highest BCUT2D eigenvalue weighted by molar-refractivity contribution is 5.94. The first-order valence-electron chi connectivity index (χ1n) is 8.78. The maximum Gasteiger partial charge on any atom is 0.416 e. The van der Waals surface area contributed by atoms with E-state index in [9.17, 15) is 22.8 Å². The number of alkyl halides is 3. The third kappa shape index (κ3) is 4.89. The van der Waals surface area contributed by atoms with E-state index in [1.807, 2.05) is 13.8 Å². The zero-order valence-electron chi connectivity index (χ0n) is 15.0. The van der Waals surface area contributed by atoms with E-state index in [4.69, 9.17) is 0 Å². The van der Waals surface area contributed by atoms with E-state index in [-0.39, 0.29) is 23.5 Å². The van der Waals surface area contributed by atoms with Crippen molar-refractivity contribution in [3.63, 3.8) is 0 Å². The number of nitrogens with zero attached hydrogens (tertiary/aromatic N) is 2. The van der Waals surface area contributed by atoms with Crippen LogP contribution in [0.1, 0.15) is 42.6 Å². The Labute approximate surface area is 151 Å². The van der Waals surface area contributed by atoms with Gasteiger partial charge in [-0.05, 0) is 51.0 Å². The molecule has 3 amide bonds. The van der Waals surface area contributed by atoms with Crippen molar-refractivity contribution >= 4 is 11.9 Å². The van der Waals surface area contributed by atoms with Gasteiger partial charge in [-0.15, -0.1) is 0 Å². The zero-order valence-corrected chi connectivity index (χ0v) is 15.0. The number of piperidine rings is 1. The highest BCUT2D eigenvalue weighted by Crippen LogP contribution is 2.29. The van der Waals surface area contributed by atoms with Gasteiger partial charge in [0.15, 0.2) is 0 Å². The topological polar surface area (TPSA) is 52.7 Å². The second-order valence-corrected chi connectivity index (χ2v) is 6.26. The molecule has 1 aliphatic rings. The van der Waals surface area contributed by atoms with Crippen molar-refractivity contribution in [2.75, 3.05) is 26.2 Å². The number of hydrogen-bond donors (Lipinski definition) is 1. The van der Waals surface area contributed by atoms with Gasteiger partial charge in [0.25, 0.3) is 5.91 Å². The van der Waals surface area contributed by atoms with E-state index in [2.05, 4.69) is 5.32 Å². The SMILES string of the molecule is CCN(CC)C(=O)NC1CCN(C(=O)c2ccc(C(F)(F)F)cc2)CC1. The average molecular weight is 371 g/mol. The van der Waals surface area contributed by atoms with Crippen molar-refractivity contribution in [1.29, 1.82) is 0 Å². The first-order chi connectivity index (χ1) is 12.3. The molecule has 0 saturated carbocycles.